The first kappa shape index (κ1) is 14.0. The number of nitrogens with one attached hydrogen (secondary N) is 2. The first-order valence-electron chi connectivity index (χ1n) is 5.56. The summed E-state index contributed by atoms with van der Waals surface area (Å²) in [6, 6.07) is 1.65. The van der Waals surface area contributed by atoms with Crippen LogP contribution in [-0.4, -0.2) is 29.7 Å². The van der Waals surface area contributed by atoms with Crippen molar-refractivity contribution in [1.29, 1.82) is 0 Å². The second kappa shape index (κ2) is 5.51. The number of carbonyl (C=O) groups is 1. The van der Waals surface area contributed by atoms with Gasteiger partial charge in [0.2, 0.25) is 5.76 Å². The summed E-state index contributed by atoms with van der Waals surface area (Å²) in [5, 5.41) is 9.99. The monoisotopic (exact) mass is 259 g/mol. The van der Waals surface area contributed by atoms with E-state index >= 15 is 0 Å². The molecule has 96 valence electrons. The third-order valence-electron chi connectivity index (χ3n) is 2.97. The van der Waals surface area contributed by atoms with E-state index in [1.165, 1.54) is 0 Å². The molecular formula is C11H18ClN3O2. The number of hydrogen-bond donors (Lipinski definition) is 2. The van der Waals surface area contributed by atoms with E-state index in [-0.39, 0.29) is 29.6 Å². The molecule has 1 amide bonds. The Morgan fingerprint density at radius 1 is 1.53 bits per heavy atom. The highest BCUT2D eigenvalue weighted by Gasteiger charge is 2.29. The van der Waals surface area contributed by atoms with Crippen LogP contribution >= 0.6 is 12.4 Å². The van der Waals surface area contributed by atoms with Crippen LogP contribution in [0.3, 0.4) is 0 Å². The fourth-order valence-electron chi connectivity index (χ4n) is 1.91. The summed E-state index contributed by atoms with van der Waals surface area (Å²) in [7, 11) is 0. The van der Waals surface area contributed by atoms with E-state index in [0.29, 0.717) is 0 Å². The highest BCUT2D eigenvalue weighted by molar-refractivity contribution is 5.91. The molecule has 2 N–H and O–H groups in total. The van der Waals surface area contributed by atoms with Gasteiger partial charge >= 0.3 is 0 Å². The van der Waals surface area contributed by atoms with Gasteiger partial charge in [0.1, 0.15) is 0 Å². The Balaban J connectivity index is 0.00000144. The molecule has 0 bridgehead atoms. The van der Waals surface area contributed by atoms with Gasteiger partial charge < -0.3 is 15.2 Å². The molecule has 0 radical (unpaired) electrons. The number of amides is 1. The second-order valence-corrected chi connectivity index (χ2v) is 4.60. The summed E-state index contributed by atoms with van der Waals surface area (Å²) in [6.07, 6.45) is 1.87. The zero-order valence-corrected chi connectivity index (χ0v) is 10.9. The number of hydrogen-bond acceptors (Lipinski definition) is 4. The van der Waals surface area contributed by atoms with Gasteiger partial charge in [0.05, 0.1) is 5.69 Å². The van der Waals surface area contributed by atoms with E-state index in [0.717, 1.165) is 31.6 Å². The van der Waals surface area contributed by atoms with Gasteiger partial charge in [0.25, 0.3) is 5.91 Å². The van der Waals surface area contributed by atoms with E-state index in [1.54, 1.807) is 13.0 Å². The smallest absolute Gasteiger partial charge is 0.290 e. The summed E-state index contributed by atoms with van der Waals surface area (Å²) >= 11 is 0. The SMILES string of the molecule is Cc1cc(C(=O)NC2(C)CCNCC2)on1.Cl. The van der Waals surface area contributed by atoms with Crippen molar-refractivity contribution in [3.63, 3.8) is 0 Å². The van der Waals surface area contributed by atoms with E-state index in [1.807, 2.05) is 0 Å². The van der Waals surface area contributed by atoms with Crippen LogP contribution in [0.1, 0.15) is 36.0 Å². The van der Waals surface area contributed by atoms with E-state index in [2.05, 4.69) is 22.7 Å². The molecule has 1 saturated heterocycles. The van der Waals surface area contributed by atoms with Crippen molar-refractivity contribution < 1.29 is 9.32 Å². The molecule has 1 aromatic rings. The number of rotatable bonds is 2. The van der Waals surface area contributed by atoms with Crippen molar-refractivity contribution in [2.45, 2.75) is 32.2 Å². The van der Waals surface area contributed by atoms with Crippen molar-refractivity contribution >= 4 is 18.3 Å². The van der Waals surface area contributed by atoms with Gasteiger partial charge in [-0.25, -0.2) is 0 Å². The maximum absolute atomic E-state index is 11.9. The maximum atomic E-state index is 11.9. The molecule has 0 unspecified atom stereocenters. The Hall–Kier alpha value is -1.07. The lowest BCUT2D eigenvalue weighted by Crippen LogP contribution is -2.52. The fourth-order valence-corrected chi connectivity index (χ4v) is 1.91. The molecular weight excluding hydrogens is 242 g/mol. The molecule has 0 spiro atoms. The maximum Gasteiger partial charge on any atom is 0.290 e. The Kier molecular flexibility index (Phi) is 4.54. The van der Waals surface area contributed by atoms with Crippen molar-refractivity contribution in [3.8, 4) is 0 Å². The third kappa shape index (κ3) is 3.44. The zero-order chi connectivity index (χ0) is 11.6. The van der Waals surface area contributed by atoms with Gasteiger partial charge in [-0.1, -0.05) is 5.16 Å². The number of aryl methyl sites for hydroxylation is 1. The van der Waals surface area contributed by atoms with Crippen molar-refractivity contribution in [1.82, 2.24) is 15.8 Å². The predicted octanol–water partition coefficient (Wildman–Crippen LogP) is 1.28. The summed E-state index contributed by atoms with van der Waals surface area (Å²) in [5.74, 6) is 0.113. The number of carbonyl (C=O) groups excluding carboxylic acids is 1. The van der Waals surface area contributed by atoms with Crippen LogP contribution in [0.5, 0.6) is 0 Å². The highest BCUT2D eigenvalue weighted by Crippen LogP contribution is 2.18. The van der Waals surface area contributed by atoms with Crippen LogP contribution < -0.4 is 10.6 Å². The van der Waals surface area contributed by atoms with E-state index in [9.17, 15) is 4.79 Å². The normalized spacial score (nSPS) is 18.2. The van der Waals surface area contributed by atoms with Gasteiger partial charge in [-0.05, 0) is 39.8 Å². The van der Waals surface area contributed by atoms with Crippen molar-refractivity contribution in [2.24, 2.45) is 0 Å². The van der Waals surface area contributed by atoms with E-state index < -0.39 is 0 Å². The second-order valence-electron chi connectivity index (χ2n) is 4.60. The van der Waals surface area contributed by atoms with Gasteiger partial charge in [0, 0.05) is 11.6 Å². The van der Waals surface area contributed by atoms with Gasteiger partial charge in [-0.15, -0.1) is 12.4 Å². The lowest BCUT2D eigenvalue weighted by atomic mass is 9.90. The molecule has 1 fully saturated rings. The Morgan fingerprint density at radius 2 is 2.18 bits per heavy atom. The average Bonchev–Trinajstić information content (AvgIpc) is 2.65. The molecule has 1 aromatic heterocycles. The summed E-state index contributed by atoms with van der Waals surface area (Å²) < 4.78 is 4.93. The van der Waals surface area contributed by atoms with Gasteiger partial charge in [0.15, 0.2) is 0 Å². The minimum Gasteiger partial charge on any atom is -0.351 e. The van der Waals surface area contributed by atoms with Crippen molar-refractivity contribution in [2.75, 3.05) is 13.1 Å². The van der Waals surface area contributed by atoms with Gasteiger partial charge in [-0.3, -0.25) is 4.79 Å². The fraction of sp³-hybridized carbons (Fsp3) is 0.636. The molecule has 0 aliphatic carbocycles. The molecule has 2 rings (SSSR count). The molecule has 6 heteroatoms. The minimum atomic E-state index is -0.176. The number of piperidine rings is 1. The zero-order valence-electron chi connectivity index (χ0n) is 10.1. The van der Waals surface area contributed by atoms with Crippen LogP contribution in [0.2, 0.25) is 0 Å². The highest BCUT2D eigenvalue weighted by atomic mass is 35.5. The van der Waals surface area contributed by atoms with Crippen LogP contribution in [0.15, 0.2) is 10.6 Å². The Labute approximate surface area is 107 Å². The quantitative estimate of drug-likeness (QED) is 0.840. The molecule has 2 heterocycles. The lowest BCUT2D eigenvalue weighted by molar-refractivity contribution is 0.0849. The molecule has 0 atom stereocenters. The van der Waals surface area contributed by atoms with Crippen LogP contribution in [-0.2, 0) is 0 Å². The lowest BCUT2D eigenvalue weighted by Gasteiger charge is -2.34. The van der Waals surface area contributed by atoms with Crippen LogP contribution in [0.4, 0.5) is 0 Å². The predicted molar refractivity (Wildman–Crippen MR) is 66.5 cm³/mol. The number of aromatic nitrogens is 1. The van der Waals surface area contributed by atoms with E-state index in [4.69, 9.17) is 4.52 Å². The molecule has 1 aliphatic heterocycles. The first-order chi connectivity index (χ1) is 7.59. The summed E-state index contributed by atoms with van der Waals surface area (Å²) in [5.41, 5.74) is 0.587. The number of nitrogens with zero attached hydrogens (tertiary/aromatic N) is 1. The van der Waals surface area contributed by atoms with Crippen molar-refractivity contribution in [3.05, 3.63) is 17.5 Å². The Bertz CT molecular complexity index is 386. The molecule has 5 nitrogen and oxygen atoms in total. The van der Waals surface area contributed by atoms with Crippen LogP contribution in [0.25, 0.3) is 0 Å². The minimum absolute atomic E-state index is 0. The molecule has 1 aliphatic rings. The largest absolute Gasteiger partial charge is 0.351 e. The first-order valence-corrected chi connectivity index (χ1v) is 5.56. The molecule has 0 aromatic carbocycles. The topological polar surface area (TPSA) is 67.2 Å². The van der Waals surface area contributed by atoms with Crippen LogP contribution in [0, 0.1) is 6.92 Å². The third-order valence-corrected chi connectivity index (χ3v) is 2.97. The molecule has 17 heavy (non-hydrogen) atoms. The Morgan fingerprint density at radius 3 is 2.71 bits per heavy atom. The van der Waals surface area contributed by atoms with Gasteiger partial charge in [-0.2, -0.15) is 0 Å². The summed E-state index contributed by atoms with van der Waals surface area (Å²) in [4.78, 5) is 11.9. The average molecular weight is 260 g/mol. The summed E-state index contributed by atoms with van der Waals surface area (Å²) in [6.45, 7) is 5.74. The standard InChI is InChI=1S/C11H17N3O2.ClH/c1-8-7-9(16-14-8)10(15)13-11(2)3-5-12-6-4-11;/h7,12H,3-6H2,1-2H3,(H,13,15);1H. The number of halogens is 1. The molecule has 0 saturated carbocycles.